The van der Waals surface area contributed by atoms with Gasteiger partial charge in [0, 0.05) is 17.1 Å². The number of rotatable bonds is 8. The van der Waals surface area contributed by atoms with Crippen LogP contribution in [-0.2, 0) is 16.6 Å². The molecule has 32 heavy (non-hydrogen) atoms. The molecule has 0 saturated carbocycles. The van der Waals surface area contributed by atoms with E-state index in [4.69, 9.17) is 16.1 Å². The molecule has 166 valence electrons. The van der Waals surface area contributed by atoms with Crippen LogP contribution >= 0.6 is 34.3 Å². The van der Waals surface area contributed by atoms with Crippen LogP contribution in [0.15, 0.2) is 50.6 Å². The molecule has 0 aliphatic carbocycles. The third-order valence-corrected chi connectivity index (χ3v) is 8.39. The van der Waals surface area contributed by atoms with E-state index in [0.29, 0.717) is 16.4 Å². The molecule has 0 saturated heterocycles. The zero-order valence-electron chi connectivity index (χ0n) is 16.4. The molecule has 0 spiro atoms. The molecular weight excluding hydrogens is 496 g/mol. The summed E-state index contributed by atoms with van der Waals surface area (Å²) in [5.41, 5.74) is 0.349. The molecule has 0 unspecified atom stereocenters. The Bertz CT molecular complexity index is 1320. The molecule has 0 fully saturated rings. The van der Waals surface area contributed by atoms with Crippen LogP contribution in [-0.4, -0.2) is 45.5 Å². The summed E-state index contributed by atoms with van der Waals surface area (Å²) in [6.45, 7) is 1.70. The van der Waals surface area contributed by atoms with E-state index in [-0.39, 0.29) is 28.5 Å². The highest BCUT2D eigenvalue weighted by Crippen LogP contribution is 2.26. The highest BCUT2D eigenvalue weighted by atomic mass is 35.5. The lowest BCUT2D eigenvalue weighted by Crippen LogP contribution is -2.30. The van der Waals surface area contributed by atoms with Gasteiger partial charge in [-0.15, -0.1) is 21.5 Å². The van der Waals surface area contributed by atoms with Crippen LogP contribution < -0.4 is 5.32 Å². The minimum Gasteiger partial charge on any atom is -0.337 e. The number of anilines is 1. The summed E-state index contributed by atoms with van der Waals surface area (Å²) >= 11 is 8.02. The number of aromatic nitrogens is 4. The summed E-state index contributed by atoms with van der Waals surface area (Å²) in [5, 5.41) is 16.4. The predicted molar refractivity (Wildman–Crippen MR) is 120 cm³/mol. The maximum atomic E-state index is 13.0. The van der Waals surface area contributed by atoms with E-state index < -0.39 is 15.9 Å². The number of carbonyl (C=O) groups excluding carboxylic acids is 1. The van der Waals surface area contributed by atoms with Crippen molar-refractivity contribution in [1.82, 2.24) is 24.6 Å². The minimum atomic E-state index is -3.99. The molecule has 3 heterocycles. The van der Waals surface area contributed by atoms with Gasteiger partial charge in [-0.25, -0.2) is 8.42 Å². The van der Waals surface area contributed by atoms with Gasteiger partial charge in [0.1, 0.15) is 0 Å². The van der Waals surface area contributed by atoms with Crippen LogP contribution in [0.1, 0.15) is 23.2 Å². The standard InChI is InChI=1S/C18H15ClN6O4S3/c1-2-25(10-14-20-15(24-29-14)13-4-3-9-30-13)32(27,28)18-23-22-17(31-18)21-16(26)11-5-7-12(19)8-6-11/h3-9H,2,10H2,1H3,(H,21,22,26). The first kappa shape index (κ1) is 22.5. The molecule has 10 nitrogen and oxygen atoms in total. The number of nitrogens with zero attached hydrogens (tertiary/aromatic N) is 5. The van der Waals surface area contributed by atoms with E-state index in [2.05, 4.69) is 25.7 Å². The third kappa shape index (κ3) is 4.86. The number of nitrogens with one attached hydrogen (secondary N) is 1. The minimum absolute atomic E-state index is 0.0531. The molecule has 0 aliphatic heterocycles. The highest BCUT2D eigenvalue weighted by Gasteiger charge is 2.29. The van der Waals surface area contributed by atoms with E-state index in [1.54, 1.807) is 31.2 Å². The lowest BCUT2D eigenvalue weighted by molar-refractivity contribution is 0.102. The first-order valence-corrected chi connectivity index (χ1v) is 12.6. The van der Waals surface area contributed by atoms with E-state index in [1.165, 1.54) is 11.3 Å². The summed E-state index contributed by atoms with van der Waals surface area (Å²) in [7, 11) is -3.99. The fourth-order valence-electron chi connectivity index (χ4n) is 2.59. The van der Waals surface area contributed by atoms with Crippen LogP contribution in [0.2, 0.25) is 5.02 Å². The van der Waals surface area contributed by atoms with Crippen LogP contribution in [0.4, 0.5) is 5.13 Å². The quantitative estimate of drug-likeness (QED) is 0.354. The summed E-state index contributed by atoms with van der Waals surface area (Å²) in [6.07, 6.45) is 0. The molecule has 14 heteroatoms. The predicted octanol–water partition coefficient (Wildman–Crippen LogP) is 3.77. The number of benzene rings is 1. The van der Waals surface area contributed by atoms with Crippen molar-refractivity contribution in [2.24, 2.45) is 0 Å². The molecule has 1 N–H and O–H groups in total. The van der Waals surface area contributed by atoms with Crippen molar-refractivity contribution < 1.29 is 17.7 Å². The molecule has 0 radical (unpaired) electrons. The largest absolute Gasteiger partial charge is 0.337 e. The first-order chi connectivity index (χ1) is 15.4. The second-order valence-electron chi connectivity index (χ2n) is 6.25. The van der Waals surface area contributed by atoms with Crippen molar-refractivity contribution in [1.29, 1.82) is 0 Å². The summed E-state index contributed by atoms with van der Waals surface area (Å²) in [5.74, 6) is 0.0900. The normalized spacial score (nSPS) is 11.7. The number of amides is 1. The van der Waals surface area contributed by atoms with Gasteiger partial charge in [0.2, 0.25) is 21.2 Å². The van der Waals surface area contributed by atoms with Crippen molar-refractivity contribution in [2.75, 3.05) is 11.9 Å². The lowest BCUT2D eigenvalue weighted by Gasteiger charge is -2.15. The zero-order chi connectivity index (χ0) is 22.7. The van der Waals surface area contributed by atoms with Crippen molar-refractivity contribution in [2.45, 2.75) is 17.8 Å². The topological polar surface area (TPSA) is 131 Å². The van der Waals surface area contributed by atoms with Gasteiger partial charge in [0.25, 0.3) is 15.9 Å². The molecule has 1 aromatic carbocycles. The molecule has 4 aromatic rings. The first-order valence-electron chi connectivity index (χ1n) is 9.14. The van der Waals surface area contributed by atoms with Crippen LogP contribution in [0.5, 0.6) is 0 Å². The monoisotopic (exact) mass is 510 g/mol. The third-order valence-electron chi connectivity index (χ3n) is 4.17. The summed E-state index contributed by atoms with van der Waals surface area (Å²) < 4.78 is 32.1. The average Bonchev–Trinajstić information content (AvgIpc) is 3.53. The fourth-order valence-corrected chi connectivity index (χ4v) is 5.80. The Morgan fingerprint density at radius 3 is 2.69 bits per heavy atom. The molecule has 1 amide bonds. The Morgan fingerprint density at radius 1 is 1.22 bits per heavy atom. The van der Waals surface area contributed by atoms with Crippen molar-refractivity contribution in [3.05, 3.63) is 58.3 Å². The molecule has 3 aromatic heterocycles. The van der Waals surface area contributed by atoms with E-state index in [1.807, 2.05) is 17.5 Å². The van der Waals surface area contributed by atoms with Crippen molar-refractivity contribution >= 4 is 55.3 Å². The molecular formula is C18H15ClN6O4S3. The van der Waals surface area contributed by atoms with E-state index in [0.717, 1.165) is 20.5 Å². The second-order valence-corrected chi connectivity index (χ2v) is 10.7. The lowest BCUT2D eigenvalue weighted by atomic mass is 10.2. The zero-order valence-corrected chi connectivity index (χ0v) is 19.6. The van der Waals surface area contributed by atoms with Crippen LogP contribution in [0.25, 0.3) is 10.7 Å². The van der Waals surface area contributed by atoms with Gasteiger partial charge in [0.05, 0.1) is 11.4 Å². The SMILES string of the molecule is CCN(Cc1nc(-c2cccs2)no1)S(=O)(=O)c1nnc(NC(=O)c2ccc(Cl)cc2)s1. The van der Waals surface area contributed by atoms with Crippen molar-refractivity contribution in [3.63, 3.8) is 0 Å². The number of halogens is 1. The fraction of sp³-hybridized carbons (Fsp3) is 0.167. The maximum Gasteiger partial charge on any atom is 0.272 e. The number of hydrogen-bond donors (Lipinski definition) is 1. The Labute approximate surface area is 195 Å². The van der Waals surface area contributed by atoms with Gasteiger partial charge in [-0.3, -0.25) is 10.1 Å². The van der Waals surface area contributed by atoms with Gasteiger partial charge in [-0.05, 0) is 35.7 Å². The summed E-state index contributed by atoms with van der Waals surface area (Å²) in [4.78, 5) is 17.4. The van der Waals surface area contributed by atoms with E-state index in [9.17, 15) is 13.2 Å². The van der Waals surface area contributed by atoms with Crippen molar-refractivity contribution in [3.8, 4) is 10.7 Å². The average molecular weight is 511 g/mol. The number of hydrogen-bond acceptors (Lipinski definition) is 10. The Hall–Kier alpha value is -2.71. The summed E-state index contributed by atoms with van der Waals surface area (Å²) in [6, 6.07) is 9.94. The Morgan fingerprint density at radius 2 is 2.00 bits per heavy atom. The molecule has 4 rings (SSSR count). The van der Waals surface area contributed by atoms with Crippen LogP contribution in [0.3, 0.4) is 0 Å². The molecule has 0 bridgehead atoms. The smallest absolute Gasteiger partial charge is 0.272 e. The number of sulfonamides is 1. The van der Waals surface area contributed by atoms with E-state index >= 15 is 0 Å². The number of carbonyl (C=O) groups is 1. The second kappa shape index (κ2) is 9.42. The Kier molecular flexibility index (Phi) is 6.62. The van der Waals surface area contributed by atoms with Crippen LogP contribution in [0, 0.1) is 0 Å². The van der Waals surface area contributed by atoms with Gasteiger partial charge in [-0.1, -0.05) is 41.1 Å². The van der Waals surface area contributed by atoms with Gasteiger partial charge >= 0.3 is 0 Å². The number of thiophene rings is 1. The van der Waals surface area contributed by atoms with Gasteiger partial charge in [0.15, 0.2) is 0 Å². The molecule has 0 atom stereocenters. The van der Waals surface area contributed by atoms with Gasteiger partial charge < -0.3 is 4.52 Å². The Balaban J connectivity index is 1.48. The van der Waals surface area contributed by atoms with Gasteiger partial charge in [-0.2, -0.15) is 9.29 Å². The maximum absolute atomic E-state index is 13.0. The molecule has 0 aliphatic rings. The highest BCUT2D eigenvalue weighted by molar-refractivity contribution is 7.91.